The minimum atomic E-state index is 0.493. The van der Waals surface area contributed by atoms with Gasteiger partial charge in [0, 0.05) is 0 Å². The van der Waals surface area contributed by atoms with E-state index in [2.05, 4.69) is 41.5 Å². The predicted octanol–water partition coefficient (Wildman–Crippen LogP) is 7.77. The Morgan fingerprint density at radius 3 is 1.17 bits per heavy atom. The van der Waals surface area contributed by atoms with E-state index in [4.69, 9.17) is 4.74 Å². The van der Waals surface area contributed by atoms with Gasteiger partial charge < -0.3 is 4.74 Å². The summed E-state index contributed by atoms with van der Waals surface area (Å²) < 4.78 is 6.87. The van der Waals surface area contributed by atoms with E-state index in [0.717, 1.165) is 11.8 Å². The van der Waals surface area contributed by atoms with Crippen LogP contribution in [-0.2, 0) is 4.74 Å². The average Bonchev–Trinajstić information content (AvgIpc) is 2.57. The van der Waals surface area contributed by atoms with Crippen LogP contribution in [0.25, 0.3) is 0 Å². The molecule has 0 heterocycles. The van der Waals surface area contributed by atoms with Gasteiger partial charge in [0.05, 0.1) is 12.2 Å². The molecule has 0 aromatic heterocycles. The third-order valence-electron chi connectivity index (χ3n) is 5.45. The molecule has 0 aliphatic carbocycles. The largest absolute Gasteiger partial charge is 0.374 e. The molecular formula is C22H46O. The van der Waals surface area contributed by atoms with Gasteiger partial charge in [0.2, 0.25) is 0 Å². The molecule has 0 fully saturated rings. The molecule has 1 nitrogen and oxygen atoms in total. The van der Waals surface area contributed by atoms with Gasteiger partial charge in [-0.2, -0.15) is 0 Å². The van der Waals surface area contributed by atoms with Crippen molar-refractivity contribution in [2.45, 2.75) is 131 Å². The Hall–Kier alpha value is -0.0400. The molecule has 0 aliphatic rings. The molecule has 0 aliphatic heterocycles. The molecule has 0 radical (unpaired) electrons. The van der Waals surface area contributed by atoms with Crippen molar-refractivity contribution in [3.8, 4) is 0 Å². The third kappa shape index (κ3) is 9.75. The summed E-state index contributed by atoms with van der Waals surface area (Å²) >= 11 is 0. The van der Waals surface area contributed by atoms with E-state index in [1.54, 1.807) is 0 Å². The van der Waals surface area contributed by atoms with Crippen molar-refractivity contribution in [3.05, 3.63) is 0 Å². The van der Waals surface area contributed by atoms with Gasteiger partial charge >= 0.3 is 0 Å². The minimum absolute atomic E-state index is 0.493. The zero-order chi connectivity index (χ0) is 17.5. The van der Waals surface area contributed by atoms with E-state index in [1.807, 2.05) is 0 Å². The second-order valence-corrected chi connectivity index (χ2v) is 7.41. The fourth-order valence-electron chi connectivity index (χ4n) is 3.91. The summed E-state index contributed by atoms with van der Waals surface area (Å²) in [5, 5.41) is 0. The lowest BCUT2D eigenvalue weighted by molar-refractivity contribution is -0.0815. The van der Waals surface area contributed by atoms with Crippen LogP contribution in [0.4, 0.5) is 0 Å². The minimum Gasteiger partial charge on any atom is -0.374 e. The second kappa shape index (κ2) is 15.5. The summed E-state index contributed by atoms with van der Waals surface area (Å²) in [6.07, 6.45) is 16.5. The fourth-order valence-corrected chi connectivity index (χ4v) is 3.91. The van der Waals surface area contributed by atoms with Gasteiger partial charge in [0.25, 0.3) is 0 Å². The van der Waals surface area contributed by atoms with E-state index in [-0.39, 0.29) is 0 Å². The summed E-state index contributed by atoms with van der Waals surface area (Å²) in [6, 6.07) is 0. The van der Waals surface area contributed by atoms with Gasteiger partial charge in [-0.15, -0.1) is 0 Å². The van der Waals surface area contributed by atoms with E-state index in [9.17, 15) is 0 Å². The van der Waals surface area contributed by atoms with Crippen LogP contribution in [-0.4, -0.2) is 12.2 Å². The predicted molar refractivity (Wildman–Crippen MR) is 105 cm³/mol. The summed E-state index contributed by atoms with van der Waals surface area (Å²) in [5.74, 6) is 1.52. The van der Waals surface area contributed by atoms with Crippen molar-refractivity contribution in [3.63, 3.8) is 0 Å². The average molecular weight is 327 g/mol. The van der Waals surface area contributed by atoms with Crippen molar-refractivity contribution in [1.82, 2.24) is 0 Å². The van der Waals surface area contributed by atoms with Crippen LogP contribution >= 0.6 is 0 Å². The van der Waals surface area contributed by atoms with Crippen molar-refractivity contribution in [1.29, 1.82) is 0 Å². The van der Waals surface area contributed by atoms with Crippen LogP contribution in [0.15, 0.2) is 0 Å². The first-order valence-corrected chi connectivity index (χ1v) is 10.8. The van der Waals surface area contributed by atoms with Gasteiger partial charge in [-0.3, -0.25) is 0 Å². The molecule has 1 heteroatoms. The summed E-state index contributed by atoms with van der Waals surface area (Å²) in [4.78, 5) is 0. The Morgan fingerprint density at radius 2 is 0.913 bits per heavy atom. The zero-order valence-corrected chi connectivity index (χ0v) is 17.2. The lowest BCUT2D eigenvalue weighted by atomic mass is 9.88. The first-order chi connectivity index (χ1) is 11.2. The van der Waals surface area contributed by atoms with Gasteiger partial charge in [-0.1, -0.05) is 92.9 Å². The number of hydrogen-bond acceptors (Lipinski definition) is 1. The molecule has 0 aromatic carbocycles. The Kier molecular flexibility index (Phi) is 15.5. The Bertz CT molecular complexity index is 214. The Morgan fingerprint density at radius 1 is 0.522 bits per heavy atom. The van der Waals surface area contributed by atoms with Crippen LogP contribution in [0, 0.1) is 11.8 Å². The van der Waals surface area contributed by atoms with E-state index in [1.165, 1.54) is 77.0 Å². The molecule has 0 N–H and O–H groups in total. The molecule has 23 heavy (non-hydrogen) atoms. The smallest absolute Gasteiger partial charge is 0.0607 e. The number of ether oxygens (including phenoxy) is 1. The van der Waals surface area contributed by atoms with E-state index in [0.29, 0.717) is 12.2 Å². The van der Waals surface area contributed by atoms with Crippen LogP contribution in [0.5, 0.6) is 0 Å². The monoisotopic (exact) mass is 326 g/mol. The highest BCUT2D eigenvalue weighted by atomic mass is 16.5. The van der Waals surface area contributed by atoms with Crippen LogP contribution < -0.4 is 0 Å². The highest BCUT2D eigenvalue weighted by Crippen LogP contribution is 2.30. The first-order valence-electron chi connectivity index (χ1n) is 10.8. The lowest BCUT2D eigenvalue weighted by Gasteiger charge is -2.34. The first kappa shape index (κ1) is 23.0. The standard InChI is InChI=1S/C22H46O/c1-7-13-17-21(19(11-5)15-9-3)23-22(18-14-8-2)20(12-6)16-10-4/h19-22H,7-18H2,1-6H3. The maximum atomic E-state index is 6.87. The second-order valence-electron chi connectivity index (χ2n) is 7.41. The Labute approximate surface area is 148 Å². The van der Waals surface area contributed by atoms with Gasteiger partial charge in [0.15, 0.2) is 0 Å². The molecule has 0 bridgehead atoms. The Balaban J connectivity index is 4.97. The van der Waals surface area contributed by atoms with Crippen molar-refractivity contribution < 1.29 is 4.74 Å². The fraction of sp³-hybridized carbons (Fsp3) is 1.00. The highest BCUT2D eigenvalue weighted by Gasteiger charge is 2.27. The maximum Gasteiger partial charge on any atom is 0.0607 e. The molecule has 0 spiro atoms. The molecule has 0 amide bonds. The molecule has 4 unspecified atom stereocenters. The lowest BCUT2D eigenvalue weighted by Crippen LogP contribution is -2.33. The molecule has 140 valence electrons. The van der Waals surface area contributed by atoms with Crippen LogP contribution in [0.3, 0.4) is 0 Å². The van der Waals surface area contributed by atoms with Crippen LogP contribution in [0.2, 0.25) is 0 Å². The summed E-state index contributed by atoms with van der Waals surface area (Å²) in [7, 11) is 0. The van der Waals surface area contributed by atoms with Gasteiger partial charge in [-0.25, -0.2) is 0 Å². The van der Waals surface area contributed by atoms with Crippen molar-refractivity contribution in [2.24, 2.45) is 11.8 Å². The SMILES string of the molecule is CCCCC(OC(CCCC)C(CC)CCC)C(CC)CCC. The molecule has 0 saturated carbocycles. The molecule has 0 aromatic rings. The topological polar surface area (TPSA) is 9.23 Å². The quantitative estimate of drug-likeness (QED) is 0.281. The normalized spacial score (nSPS) is 17.0. The van der Waals surface area contributed by atoms with Crippen LogP contribution in [0.1, 0.15) is 119 Å². The maximum absolute atomic E-state index is 6.87. The third-order valence-corrected chi connectivity index (χ3v) is 5.45. The van der Waals surface area contributed by atoms with E-state index < -0.39 is 0 Å². The molecule has 4 atom stereocenters. The summed E-state index contributed by atoms with van der Waals surface area (Å²) in [6.45, 7) is 14.0. The summed E-state index contributed by atoms with van der Waals surface area (Å²) in [5.41, 5.74) is 0. The highest BCUT2D eigenvalue weighted by molar-refractivity contribution is 4.76. The molecule has 0 saturated heterocycles. The van der Waals surface area contributed by atoms with Crippen molar-refractivity contribution in [2.75, 3.05) is 0 Å². The number of rotatable bonds is 16. The zero-order valence-electron chi connectivity index (χ0n) is 17.2. The van der Waals surface area contributed by atoms with E-state index >= 15 is 0 Å². The number of unbranched alkanes of at least 4 members (excludes halogenated alkanes) is 2. The van der Waals surface area contributed by atoms with Gasteiger partial charge in [-0.05, 0) is 37.5 Å². The van der Waals surface area contributed by atoms with Crippen molar-refractivity contribution >= 4 is 0 Å². The number of hydrogen-bond donors (Lipinski definition) is 0. The molecular weight excluding hydrogens is 280 g/mol. The van der Waals surface area contributed by atoms with Gasteiger partial charge in [0.1, 0.15) is 0 Å². The molecule has 0 rings (SSSR count).